The first-order chi connectivity index (χ1) is 10.1. The third-order valence-corrected chi connectivity index (χ3v) is 3.39. The van der Waals surface area contributed by atoms with E-state index in [1.54, 1.807) is 18.3 Å². The molecule has 1 heterocycles. The lowest BCUT2D eigenvalue weighted by Gasteiger charge is -2.09. The number of hydrogen-bond acceptors (Lipinski definition) is 3. The number of anilines is 1. The van der Waals surface area contributed by atoms with E-state index >= 15 is 0 Å². The fourth-order valence-corrected chi connectivity index (χ4v) is 2.30. The van der Waals surface area contributed by atoms with E-state index in [2.05, 4.69) is 27.6 Å². The number of fused-ring (bicyclic) bond motifs is 1. The average Bonchev–Trinajstić information content (AvgIpc) is 2.93. The van der Waals surface area contributed by atoms with E-state index in [0.29, 0.717) is 12.1 Å². The van der Waals surface area contributed by atoms with Crippen molar-refractivity contribution in [2.45, 2.75) is 13.5 Å². The minimum atomic E-state index is -0.909. The van der Waals surface area contributed by atoms with Crippen LogP contribution < -0.4 is 5.32 Å². The Kier molecular flexibility index (Phi) is 3.31. The van der Waals surface area contributed by atoms with Gasteiger partial charge in [0.2, 0.25) is 0 Å². The Hall–Kier alpha value is -2.82. The van der Waals surface area contributed by atoms with Crippen LogP contribution in [-0.4, -0.2) is 21.3 Å². The van der Waals surface area contributed by atoms with Crippen LogP contribution in [0.15, 0.2) is 42.6 Å². The summed E-state index contributed by atoms with van der Waals surface area (Å²) in [7, 11) is 0. The summed E-state index contributed by atoms with van der Waals surface area (Å²) in [6, 6.07) is 11.0. The first-order valence-corrected chi connectivity index (χ1v) is 6.63. The Morgan fingerprint density at radius 3 is 2.76 bits per heavy atom. The highest BCUT2D eigenvalue weighted by Crippen LogP contribution is 2.24. The van der Waals surface area contributed by atoms with Gasteiger partial charge in [0, 0.05) is 17.6 Å². The van der Waals surface area contributed by atoms with E-state index in [1.165, 1.54) is 0 Å². The van der Waals surface area contributed by atoms with Gasteiger partial charge in [-0.3, -0.25) is 5.10 Å². The van der Waals surface area contributed by atoms with E-state index in [4.69, 9.17) is 5.11 Å². The van der Waals surface area contributed by atoms with Crippen molar-refractivity contribution in [2.75, 3.05) is 5.32 Å². The van der Waals surface area contributed by atoms with Gasteiger partial charge in [-0.1, -0.05) is 12.1 Å². The van der Waals surface area contributed by atoms with E-state index in [0.717, 1.165) is 27.7 Å². The van der Waals surface area contributed by atoms with E-state index < -0.39 is 5.97 Å². The zero-order valence-corrected chi connectivity index (χ0v) is 11.6. The van der Waals surface area contributed by atoms with Gasteiger partial charge < -0.3 is 10.4 Å². The van der Waals surface area contributed by atoms with Gasteiger partial charge in [-0.15, -0.1) is 0 Å². The topological polar surface area (TPSA) is 78.0 Å². The molecular weight excluding hydrogens is 266 g/mol. The van der Waals surface area contributed by atoms with Crippen LogP contribution in [0, 0.1) is 6.92 Å². The molecule has 0 aliphatic carbocycles. The molecule has 106 valence electrons. The second-order valence-corrected chi connectivity index (χ2v) is 5.00. The highest BCUT2D eigenvalue weighted by molar-refractivity contribution is 5.91. The molecule has 3 rings (SSSR count). The van der Waals surface area contributed by atoms with Gasteiger partial charge in [0.05, 0.1) is 17.3 Å². The van der Waals surface area contributed by atoms with E-state index in [9.17, 15) is 4.79 Å². The molecule has 0 atom stereocenters. The quantitative estimate of drug-likeness (QED) is 0.686. The summed E-state index contributed by atoms with van der Waals surface area (Å²) in [5.74, 6) is -0.909. The predicted octanol–water partition coefficient (Wildman–Crippen LogP) is 3.18. The van der Waals surface area contributed by atoms with Gasteiger partial charge in [0.15, 0.2) is 0 Å². The number of aromatic carboxylic acids is 1. The molecule has 2 aromatic carbocycles. The van der Waals surface area contributed by atoms with Crippen LogP contribution in [0.3, 0.4) is 0 Å². The summed E-state index contributed by atoms with van der Waals surface area (Å²) in [4.78, 5) is 10.8. The van der Waals surface area contributed by atoms with Crippen LogP contribution in [0.25, 0.3) is 10.9 Å². The van der Waals surface area contributed by atoms with Crippen molar-refractivity contribution < 1.29 is 9.90 Å². The van der Waals surface area contributed by atoms with Gasteiger partial charge in [0.1, 0.15) is 0 Å². The number of nitrogens with one attached hydrogen (secondary N) is 2. The summed E-state index contributed by atoms with van der Waals surface area (Å²) in [6.45, 7) is 2.66. The van der Waals surface area contributed by atoms with Crippen LogP contribution >= 0.6 is 0 Å². The zero-order valence-electron chi connectivity index (χ0n) is 11.6. The molecule has 21 heavy (non-hydrogen) atoms. The Balaban J connectivity index is 1.80. The largest absolute Gasteiger partial charge is 0.478 e. The SMILES string of the molecule is Cc1cc(NCc2ccc(C(=O)O)cc2)c2cn[nH]c2c1. The fraction of sp³-hybridized carbons (Fsp3) is 0.125. The number of hydrogen-bond donors (Lipinski definition) is 3. The average molecular weight is 281 g/mol. The highest BCUT2D eigenvalue weighted by atomic mass is 16.4. The molecule has 0 radical (unpaired) electrons. The van der Waals surface area contributed by atoms with Gasteiger partial charge in [0.25, 0.3) is 0 Å². The first-order valence-electron chi connectivity index (χ1n) is 6.63. The maximum atomic E-state index is 10.8. The van der Waals surface area contributed by atoms with Crippen molar-refractivity contribution in [1.29, 1.82) is 0 Å². The molecule has 0 aliphatic rings. The number of aromatic nitrogens is 2. The third-order valence-electron chi connectivity index (χ3n) is 3.39. The van der Waals surface area contributed by atoms with Crippen molar-refractivity contribution in [3.8, 4) is 0 Å². The smallest absolute Gasteiger partial charge is 0.335 e. The van der Waals surface area contributed by atoms with Gasteiger partial charge >= 0.3 is 5.97 Å². The molecule has 0 spiro atoms. The molecule has 0 unspecified atom stereocenters. The van der Waals surface area contributed by atoms with Crippen molar-refractivity contribution in [2.24, 2.45) is 0 Å². The van der Waals surface area contributed by atoms with Crippen LogP contribution in [0.1, 0.15) is 21.5 Å². The van der Waals surface area contributed by atoms with Crippen LogP contribution in [-0.2, 0) is 6.54 Å². The summed E-state index contributed by atoms with van der Waals surface area (Å²) >= 11 is 0. The lowest BCUT2D eigenvalue weighted by atomic mass is 10.1. The van der Waals surface area contributed by atoms with E-state index in [-0.39, 0.29) is 0 Å². The number of carbonyl (C=O) groups is 1. The Morgan fingerprint density at radius 2 is 2.05 bits per heavy atom. The number of nitrogens with zero attached hydrogens (tertiary/aromatic N) is 1. The second kappa shape index (κ2) is 5.28. The normalized spacial score (nSPS) is 10.7. The van der Waals surface area contributed by atoms with Crippen LogP contribution in [0.2, 0.25) is 0 Å². The molecule has 3 aromatic rings. The van der Waals surface area contributed by atoms with E-state index in [1.807, 2.05) is 19.1 Å². The minimum absolute atomic E-state index is 0.298. The number of carboxylic acid groups (broad SMARTS) is 1. The Bertz CT molecular complexity index is 791. The molecular formula is C16H15N3O2. The van der Waals surface area contributed by atoms with Crippen LogP contribution in [0.5, 0.6) is 0 Å². The molecule has 0 fully saturated rings. The van der Waals surface area contributed by atoms with Crippen LogP contribution in [0.4, 0.5) is 5.69 Å². The molecule has 0 aliphatic heterocycles. The number of aromatic amines is 1. The lowest BCUT2D eigenvalue weighted by Crippen LogP contribution is -2.01. The third kappa shape index (κ3) is 2.72. The fourth-order valence-electron chi connectivity index (χ4n) is 2.30. The second-order valence-electron chi connectivity index (χ2n) is 5.00. The molecule has 5 heteroatoms. The van der Waals surface area contributed by atoms with Crippen molar-refractivity contribution in [3.63, 3.8) is 0 Å². The maximum Gasteiger partial charge on any atom is 0.335 e. The number of rotatable bonds is 4. The van der Waals surface area contributed by atoms with Gasteiger partial charge in [-0.2, -0.15) is 5.10 Å². The monoisotopic (exact) mass is 281 g/mol. The maximum absolute atomic E-state index is 10.8. The molecule has 0 bridgehead atoms. The number of carboxylic acids is 1. The molecule has 3 N–H and O–H groups in total. The number of aryl methyl sites for hydroxylation is 1. The van der Waals surface area contributed by atoms with Crippen molar-refractivity contribution in [3.05, 3.63) is 59.3 Å². The lowest BCUT2D eigenvalue weighted by molar-refractivity contribution is 0.0697. The summed E-state index contributed by atoms with van der Waals surface area (Å²) in [5.41, 5.74) is 4.49. The summed E-state index contributed by atoms with van der Waals surface area (Å²) in [6.07, 6.45) is 1.80. The van der Waals surface area contributed by atoms with Gasteiger partial charge in [-0.05, 0) is 42.3 Å². The summed E-state index contributed by atoms with van der Waals surface area (Å²) in [5, 5.41) is 20.3. The molecule has 0 saturated heterocycles. The highest BCUT2D eigenvalue weighted by Gasteiger charge is 2.05. The molecule has 0 saturated carbocycles. The number of benzene rings is 2. The molecule has 1 aromatic heterocycles. The Labute approximate surface area is 121 Å². The van der Waals surface area contributed by atoms with Crippen molar-refractivity contribution >= 4 is 22.6 Å². The molecule has 0 amide bonds. The standard InChI is InChI=1S/C16H15N3O2/c1-10-6-14(13-9-18-19-15(13)7-10)17-8-11-2-4-12(5-3-11)16(20)21/h2-7,9,17H,8H2,1H3,(H,18,19)(H,20,21). The zero-order chi connectivity index (χ0) is 14.8. The predicted molar refractivity (Wildman–Crippen MR) is 81.6 cm³/mol. The first kappa shape index (κ1) is 13.2. The minimum Gasteiger partial charge on any atom is -0.478 e. The number of H-pyrrole nitrogens is 1. The van der Waals surface area contributed by atoms with Gasteiger partial charge in [-0.25, -0.2) is 4.79 Å². The molecule has 5 nitrogen and oxygen atoms in total. The Morgan fingerprint density at radius 1 is 1.29 bits per heavy atom. The summed E-state index contributed by atoms with van der Waals surface area (Å²) < 4.78 is 0. The van der Waals surface area contributed by atoms with Crippen molar-refractivity contribution in [1.82, 2.24) is 10.2 Å².